The summed E-state index contributed by atoms with van der Waals surface area (Å²) in [6, 6.07) is 9.70. The van der Waals surface area contributed by atoms with E-state index >= 15 is 0 Å². The number of likely N-dealkylation sites (tertiary alicyclic amines) is 1. The molecule has 1 aromatic carbocycles. The van der Waals surface area contributed by atoms with Crippen LogP contribution >= 0.6 is 0 Å². The highest BCUT2D eigenvalue weighted by molar-refractivity contribution is 5.94. The molecule has 2 amide bonds. The molecule has 1 unspecified atom stereocenters. The molecule has 3 rings (SSSR count). The van der Waals surface area contributed by atoms with E-state index in [1.54, 1.807) is 7.11 Å². The lowest BCUT2D eigenvalue weighted by molar-refractivity contribution is -0.121. The first-order valence-corrected chi connectivity index (χ1v) is 10.3. The molecule has 0 radical (unpaired) electrons. The molecule has 1 saturated heterocycles. The van der Waals surface area contributed by atoms with Crippen LogP contribution in [-0.4, -0.2) is 41.9 Å². The molecule has 1 aliphatic rings. The minimum atomic E-state index is 0.0482. The highest BCUT2D eigenvalue weighted by Crippen LogP contribution is 2.23. The van der Waals surface area contributed by atoms with Crippen LogP contribution in [0.3, 0.4) is 0 Å². The van der Waals surface area contributed by atoms with Crippen molar-refractivity contribution in [3.05, 3.63) is 52.8 Å². The maximum absolute atomic E-state index is 12.8. The first kappa shape index (κ1) is 21.0. The molecule has 29 heavy (non-hydrogen) atoms. The molecular weight excluding hydrogens is 366 g/mol. The molecule has 0 bridgehead atoms. The fraction of sp³-hybridized carbons (Fsp3) is 0.478. The van der Waals surface area contributed by atoms with Crippen molar-refractivity contribution in [2.45, 2.75) is 46.1 Å². The molecule has 0 spiro atoms. The average Bonchev–Trinajstić information content (AvgIpc) is 3.08. The van der Waals surface area contributed by atoms with Gasteiger partial charge in [0.1, 0.15) is 11.4 Å². The van der Waals surface area contributed by atoms with Gasteiger partial charge in [0.2, 0.25) is 5.91 Å². The number of hydrogen-bond acceptors (Lipinski definition) is 3. The molecule has 1 aliphatic heterocycles. The standard InChI is InChI=1S/C23H31N3O3/c1-16-12-17(2)25-22(16)23(28)26-11-5-7-18(15-26)9-10-21(27)24-14-19-6-4-8-20(13-19)29-3/h4,6,8,12-13,18,25H,5,7,9-11,14-15H2,1-3H3,(H,24,27). The van der Waals surface area contributed by atoms with Crippen molar-refractivity contribution in [1.82, 2.24) is 15.2 Å². The highest BCUT2D eigenvalue weighted by atomic mass is 16.5. The van der Waals surface area contributed by atoms with Crippen LogP contribution in [0.1, 0.15) is 53.0 Å². The van der Waals surface area contributed by atoms with Crippen molar-refractivity contribution in [3.8, 4) is 5.75 Å². The molecule has 2 aromatic rings. The molecule has 1 fully saturated rings. The van der Waals surface area contributed by atoms with Gasteiger partial charge in [0.05, 0.1) is 7.11 Å². The second-order valence-corrected chi connectivity index (χ2v) is 7.94. The Bertz CT molecular complexity index is 859. The van der Waals surface area contributed by atoms with E-state index in [9.17, 15) is 9.59 Å². The lowest BCUT2D eigenvalue weighted by atomic mass is 9.93. The van der Waals surface area contributed by atoms with Gasteiger partial charge < -0.3 is 19.9 Å². The van der Waals surface area contributed by atoms with E-state index in [4.69, 9.17) is 4.74 Å². The molecule has 1 atom stereocenters. The number of nitrogens with one attached hydrogen (secondary N) is 2. The Morgan fingerprint density at radius 1 is 1.28 bits per heavy atom. The smallest absolute Gasteiger partial charge is 0.270 e. The molecular formula is C23H31N3O3. The predicted octanol–water partition coefficient (Wildman–Crippen LogP) is 3.59. The van der Waals surface area contributed by atoms with Gasteiger partial charge in [-0.2, -0.15) is 0 Å². The maximum Gasteiger partial charge on any atom is 0.270 e. The van der Waals surface area contributed by atoms with Gasteiger partial charge in [-0.1, -0.05) is 12.1 Å². The minimum Gasteiger partial charge on any atom is -0.497 e. The number of piperidine rings is 1. The van der Waals surface area contributed by atoms with E-state index < -0.39 is 0 Å². The number of amides is 2. The van der Waals surface area contributed by atoms with E-state index in [-0.39, 0.29) is 11.8 Å². The molecule has 1 aromatic heterocycles. The average molecular weight is 398 g/mol. The zero-order valence-electron chi connectivity index (χ0n) is 17.6. The lowest BCUT2D eigenvalue weighted by Gasteiger charge is -2.32. The summed E-state index contributed by atoms with van der Waals surface area (Å²) >= 11 is 0. The number of carbonyl (C=O) groups excluding carboxylic acids is 2. The van der Waals surface area contributed by atoms with Crippen molar-refractivity contribution >= 4 is 11.8 Å². The summed E-state index contributed by atoms with van der Waals surface area (Å²) in [7, 11) is 1.63. The van der Waals surface area contributed by atoms with Crippen LogP contribution in [0.15, 0.2) is 30.3 Å². The van der Waals surface area contributed by atoms with Crippen molar-refractivity contribution in [2.75, 3.05) is 20.2 Å². The first-order valence-electron chi connectivity index (χ1n) is 10.3. The Labute approximate surface area is 172 Å². The van der Waals surface area contributed by atoms with Gasteiger partial charge in [-0.15, -0.1) is 0 Å². The van der Waals surface area contributed by atoms with Gasteiger partial charge in [0.15, 0.2) is 0 Å². The Morgan fingerprint density at radius 2 is 2.10 bits per heavy atom. The van der Waals surface area contributed by atoms with E-state index in [0.29, 0.717) is 24.6 Å². The molecule has 2 heterocycles. The van der Waals surface area contributed by atoms with E-state index in [0.717, 1.165) is 54.9 Å². The van der Waals surface area contributed by atoms with E-state index in [1.165, 1.54) is 0 Å². The SMILES string of the molecule is COc1cccc(CNC(=O)CCC2CCCN(C(=O)c3[nH]c(C)cc3C)C2)c1. The molecule has 156 valence electrons. The van der Waals surface area contributed by atoms with Gasteiger partial charge in [0, 0.05) is 31.7 Å². The van der Waals surface area contributed by atoms with Crippen LogP contribution < -0.4 is 10.1 Å². The number of carbonyl (C=O) groups is 2. The van der Waals surface area contributed by atoms with Gasteiger partial charge >= 0.3 is 0 Å². The monoisotopic (exact) mass is 397 g/mol. The minimum absolute atomic E-state index is 0.0482. The van der Waals surface area contributed by atoms with Crippen LogP contribution in [0.25, 0.3) is 0 Å². The van der Waals surface area contributed by atoms with Gasteiger partial charge in [0.25, 0.3) is 5.91 Å². The zero-order valence-corrected chi connectivity index (χ0v) is 17.6. The summed E-state index contributed by atoms with van der Waals surface area (Å²) in [5, 5.41) is 2.98. The topological polar surface area (TPSA) is 74.4 Å². The Morgan fingerprint density at radius 3 is 2.83 bits per heavy atom. The summed E-state index contributed by atoms with van der Waals surface area (Å²) in [5.74, 6) is 1.28. The van der Waals surface area contributed by atoms with Crippen LogP contribution in [0.2, 0.25) is 0 Å². The van der Waals surface area contributed by atoms with Gasteiger partial charge in [-0.05, 0) is 68.4 Å². The number of aromatic amines is 1. The quantitative estimate of drug-likeness (QED) is 0.750. The maximum atomic E-state index is 12.8. The van der Waals surface area contributed by atoms with Gasteiger partial charge in [-0.3, -0.25) is 9.59 Å². The summed E-state index contributed by atoms with van der Waals surface area (Å²) in [6.07, 6.45) is 3.34. The fourth-order valence-electron chi connectivity index (χ4n) is 4.00. The Kier molecular flexibility index (Phi) is 6.96. The summed E-state index contributed by atoms with van der Waals surface area (Å²) in [4.78, 5) is 30.2. The van der Waals surface area contributed by atoms with E-state index in [2.05, 4.69) is 10.3 Å². The van der Waals surface area contributed by atoms with Crippen LogP contribution in [0.4, 0.5) is 0 Å². The third-order valence-electron chi connectivity index (χ3n) is 5.57. The van der Waals surface area contributed by atoms with Gasteiger partial charge in [-0.25, -0.2) is 0 Å². The molecule has 0 aliphatic carbocycles. The van der Waals surface area contributed by atoms with Crippen LogP contribution in [0, 0.1) is 19.8 Å². The second kappa shape index (κ2) is 9.63. The number of rotatable bonds is 7. The Balaban J connectivity index is 1.46. The van der Waals surface area contributed by atoms with Crippen molar-refractivity contribution in [2.24, 2.45) is 5.92 Å². The number of H-pyrrole nitrogens is 1. The summed E-state index contributed by atoms with van der Waals surface area (Å²) in [5.41, 5.74) is 3.71. The number of aromatic nitrogens is 1. The van der Waals surface area contributed by atoms with Crippen molar-refractivity contribution in [1.29, 1.82) is 0 Å². The first-order chi connectivity index (χ1) is 14.0. The predicted molar refractivity (Wildman–Crippen MR) is 113 cm³/mol. The number of methoxy groups -OCH3 is 1. The molecule has 2 N–H and O–H groups in total. The van der Waals surface area contributed by atoms with Crippen LogP contribution in [-0.2, 0) is 11.3 Å². The number of aryl methyl sites for hydroxylation is 2. The third kappa shape index (κ3) is 5.62. The lowest BCUT2D eigenvalue weighted by Crippen LogP contribution is -2.40. The largest absolute Gasteiger partial charge is 0.497 e. The van der Waals surface area contributed by atoms with Crippen molar-refractivity contribution in [3.63, 3.8) is 0 Å². The number of ether oxygens (including phenoxy) is 1. The second-order valence-electron chi connectivity index (χ2n) is 7.94. The highest BCUT2D eigenvalue weighted by Gasteiger charge is 2.26. The molecule has 0 saturated carbocycles. The molecule has 6 heteroatoms. The molecule has 6 nitrogen and oxygen atoms in total. The normalized spacial score (nSPS) is 16.5. The van der Waals surface area contributed by atoms with E-state index in [1.807, 2.05) is 49.1 Å². The zero-order chi connectivity index (χ0) is 20.8. The Hall–Kier alpha value is -2.76. The fourth-order valence-corrected chi connectivity index (χ4v) is 4.00. The van der Waals surface area contributed by atoms with Crippen molar-refractivity contribution < 1.29 is 14.3 Å². The number of hydrogen-bond donors (Lipinski definition) is 2. The summed E-state index contributed by atoms with van der Waals surface area (Å²) in [6.45, 7) is 5.93. The number of benzene rings is 1. The number of nitrogens with zero attached hydrogens (tertiary/aromatic N) is 1. The summed E-state index contributed by atoms with van der Waals surface area (Å²) < 4.78 is 5.21. The third-order valence-corrected chi connectivity index (χ3v) is 5.57. The van der Waals surface area contributed by atoms with Crippen LogP contribution in [0.5, 0.6) is 5.75 Å².